The number of nitrogens with zero attached hydrogens (tertiary/aromatic N) is 2. The van der Waals surface area contributed by atoms with Gasteiger partial charge in [0.15, 0.2) is 0 Å². The SMILES string of the molecule is CC(C)(C)C1CCC2(CC1)NC(=O)N(CC(=O)Nc1ccc(N3CCCCC3)cc1)C2=O. The average Bonchev–Trinajstić information content (AvgIpc) is 2.98. The fraction of sp³-hybridized carbons (Fsp3) is 0.640. The molecule has 0 radical (unpaired) electrons. The number of carbonyl (C=O) groups is 3. The maximum atomic E-state index is 13.1. The first-order valence-electron chi connectivity index (χ1n) is 12.0. The van der Waals surface area contributed by atoms with Crippen molar-refractivity contribution in [3.63, 3.8) is 0 Å². The molecule has 1 saturated carbocycles. The van der Waals surface area contributed by atoms with Crippen LogP contribution in [0.3, 0.4) is 0 Å². The van der Waals surface area contributed by atoms with Crippen molar-refractivity contribution in [3.8, 4) is 0 Å². The molecule has 4 amide bonds. The van der Waals surface area contributed by atoms with E-state index in [1.807, 2.05) is 24.3 Å². The highest BCUT2D eigenvalue weighted by Gasteiger charge is 2.53. The number of urea groups is 1. The highest BCUT2D eigenvalue weighted by Crippen LogP contribution is 2.43. The molecule has 2 aliphatic heterocycles. The molecule has 1 aromatic carbocycles. The van der Waals surface area contributed by atoms with Crippen molar-refractivity contribution >= 4 is 29.2 Å². The Morgan fingerprint density at radius 3 is 2.28 bits per heavy atom. The van der Waals surface area contributed by atoms with Crippen LogP contribution < -0.4 is 15.5 Å². The van der Waals surface area contributed by atoms with Crippen molar-refractivity contribution < 1.29 is 14.4 Å². The molecular formula is C25H36N4O3. The third-order valence-electron chi connectivity index (χ3n) is 7.48. The van der Waals surface area contributed by atoms with Crippen LogP contribution in [0.15, 0.2) is 24.3 Å². The number of hydrogen-bond acceptors (Lipinski definition) is 4. The largest absolute Gasteiger partial charge is 0.372 e. The van der Waals surface area contributed by atoms with Gasteiger partial charge in [0.05, 0.1) is 0 Å². The zero-order valence-corrected chi connectivity index (χ0v) is 19.6. The first-order valence-corrected chi connectivity index (χ1v) is 12.0. The van der Waals surface area contributed by atoms with E-state index in [0.717, 1.165) is 36.5 Å². The Hall–Kier alpha value is -2.57. The van der Waals surface area contributed by atoms with Crippen LogP contribution in [0.5, 0.6) is 0 Å². The third kappa shape index (κ3) is 4.62. The predicted molar refractivity (Wildman–Crippen MR) is 126 cm³/mol. The van der Waals surface area contributed by atoms with E-state index in [9.17, 15) is 14.4 Å². The third-order valence-corrected chi connectivity index (χ3v) is 7.48. The van der Waals surface area contributed by atoms with Crippen molar-refractivity contribution in [1.82, 2.24) is 10.2 Å². The van der Waals surface area contributed by atoms with Gasteiger partial charge in [-0.15, -0.1) is 0 Å². The van der Waals surface area contributed by atoms with E-state index < -0.39 is 11.6 Å². The molecule has 2 N–H and O–H groups in total. The molecule has 4 rings (SSSR count). The Labute approximate surface area is 190 Å². The summed E-state index contributed by atoms with van der Waals surface area (Å²) < 4.78 is 0. The summed E-state index contributed by atoms with van der Waals surface area (Å²) in [6.07, 6.45) is 6.78. The molecule has 174 valence electrons. The summed E-state index contributed by atoms with van der Waals surface area (Å²) >= 11 is 0. The van der Waals surface area contributed by atoms with E-state index in [2.05, 4.69) is 36.3 Å². The summed E-state index contributed by atoms with van der Waals surface area (Å²) in [6.45, 7) is 8.54. The number of anilines is 2. The van der Waals surface area contributed by atoms with Crippen molar-refractivity contribution in [2.75, 3.05) is 29.9 Å². The molecule has 3 aliphatic rings. The lowest BCUT2D eigenvalue weighted by atomic mass is 9.67. The summed E-state index contributed by atoms with van der Waals surface area (Å²) in [4.78, 5) is 41.7. The van der Waals surface area contributed by atoms with Crippen LogP contribution >= 0.6 is 0 Å². The van der Waals surface area contributed by atoms with Crippen molar-refractivity contribution in [3.05, 3.63) is 24.3 Å². The first-order chi connectivity index (χ1) is 15.2. The van der Waals surface area contributed by atoms with Gasteiger partial charge in [0.25, 0.3) is 5.91 Å². The molecule has 0 bridgehead atoms. The number of imide groups is 1. The van der Waals surface area contributed by atoms with Crippen LogP contribution in [0.4, 0.5) is 16.2 Å². The second-order valence-corrected chi connectivity index (χ2v) is 10.7. The molecular weight excluding hydrogens is 404 g/mol. The monoisotopic (exact) mass is 440 g/mol. The summed E-state index contributed by atoms with van der Waals surface area (Å²) in [5, 5.41) is 5.73. The Balaban J connectivity index is 1.33. The average molecular weight is 441 g/mol. The van der Waals surface area contributed by atoms with Gasteiger partial charge < -0.3 is 15.5 Å². The van der Waals surface area contributed by atoms with Crippen LogP contribution in [0.25, 0.3) is 0 Å². The molecule has 0 aromatic heterocycles. The highest BCUT2D eigenvalue weighted by molar-refractivity contribution is 6.10. The summed E-state index contributed by atoms with van der Waals surface area (Å²) in [5.41, 5.74) is 1.18. The second-order valence-electron chi connectivity index (χ2n) is 10.7. The predicted octanol–water partition coefficient (Wildman–Crippen LogP) is 4.14. The van der Waals surface area contributed by atoms with Crippen LogP contribution in [0.1, 0.15) is 65.7 Å². The Morgan fingerprint density at radius 2 is 1.69 bits per heavy atom. The molecule has 1 aliphatic carbocycles. The van der Waals surface area contributed by atoms with Crippen molar-refractivity contribution in [2.24, 2.45) is 11.3 Å². The van der Waals surface area contributed by atoms with Gasteiger partial charge in [-0.05, 0) is 80.5 Å². The van der Waals surface area contributed by atoms with E-state index in [1.165, 1.54) is 19.3 Å². The number of amides is 4. The van der Waals surface area contributed by atoms with Gasteiger partial charge in [-0.1, -0.05) is 20.8 Å². The maximum absolute atomic E-state index is 13.1. The number of piperidine rings is 1. The smallest absolute Gasteiger partial charge is 0.325 e. The van der Waals surface area contributed by atoms with E-state index in [-0.39, 0.29) is 23.8 Å². The van der Waals surface area contributed by atoms with Gasteiger partial charge in [-0.2, -0.15) is 0 Å². The normalized spacial score (nSPS) is 26.4. The topological polar surface area (TPSA) is 81.8 Å². The first kappa shape index (κ1) is 22.6. The van der Waals surface area contributed by atoms with Crippen LogP contribution in [-0.4, -0.2) is 47.9 Å². The molecule has 0 atom stereocenters. The number of benzene rings is 1. The van der Waals surface area contributed by atoms with E-state index >= 15 is 0 Å². The quantitative estimate of drug-likeness (QED) is 0.690. The molecule has 2 saturated heterocycles. The summed E-state index contributed by atoms with van der Waals surface area (Å²) in [6, 6.07) is 7.32. The van der Waals surface area contributed by atoms with Crippen LogP contribution in [0.2, 0.25) is 0 Å². The fourth-order valence-corrected chi connectivity index (χ4v) is 5.39. The molecule has 3 fully saturated rings. The zero-order chi connectivity index (χ0) is 22.9. The van der Waals surface area contributed by atoms with Gasteiger partial charge in [0.2, 0.25) is 5.91 Å². The van der Waals surface area contributed by atoms with Gasteiger partial charge in [-0.3, -0.25) is 14.5 Å². The van der Waals surface area contributed by atoms with Crippen LogP contribution in [0, 0.1) is 11.3 Å². The summed E-state index contributed by atoms with van der Waals surface area (Å²) in [5.74, 6) is -0.0896. The Kier molecular flexibility index (Phi) is 6.19. The minimum Gasteiger partial charge on any atom is -0.372 e. The molecule has 7 heteroatoms. The van der Waals surface area contributed by atoms with E-state index in [4.69, 9.17) is 0 Å². The lowest BCUT2D eigenvalue weighted by Gasteiger charge is -2.40. The lowest BCUT2D eigenvalue weighted by Crippen LogP contribution is -2.50. The van der Waals surface area contributed by atoms with E-state index in [0.29, 0.717) is 24.4 Å². The number of hydrogen-bond donors (Lipinski definition) is 2. The van der Waals surface area contributed by atoms with Gasteiger partial charge in [0, 0.05) is 24.5 Å². The fourth-order valence-electron chi connectivity index (χ4n) is 5.39. The van der Waals surface area contributed by atoms with E-state index in [1.54, 1.807) is 0 Å². The minimum absolute atomic E-state index is 0.191. The molecule has 1 spiro atoms. The second kappa shape index (κ2) is 8.75. The maximum Gasteiger partial charge on any atom is 0.325 e. The standard InChI is InChI=1S/C25H36N4O3/c1-24(2,3)18-11-13-25(14-12-18)22(31)29(23(32)27-25)17-21(30)26-19-7-9-20(10-8-19)28-15-5-4-6-16-28/h7-10,18H,4-6,11-17H2,1-3H3,(H,26,30)(H,27,32). The molecule has 1 aromatic rings. The number of carbonyl (C=O) groups excluding carboxylic acids is 3. The molecule has 32 heavy (non-hydrogen) atoms. The molecule has 2 heterocycles. The molecule has 7 nitrogen and oxygen atoms in total. The van der Waals surface area contributed by atoms with Crippen molar-refractivity contribution in [1.29, 1.82) is 0 Å². The Bertz CT molecular complexity index is 860. The summed E-state index contributed by atoms with van der Waals surface area (Å²) in [7, 11) is 0. The van der Waals surface area contributed by atoms with Gasteiger partial charge in [0.1, 0.15) is 12.1 Å². The van der Waals surface area contributed by atoms with Crippen molar-refractivity contribution in [2.45, 2.75) is 71.3 Å². The zero-order valence-electron chi connectivity index (χ0n) is 19.6. The minimum atomic E-state index is -0.838. The molecule has 0 unspecified atom stereocenters. The highest BCUT2D eigenvalue weighted by atomic mass is 16.2. The van der Waals surface area contributed by atoms with Gasteiger partial charge in [-0.25, -0.2) is 4.79 Å². The van der Waals surface area contributed by atoms with Crippen LogP contribution in [-0.2, 0) is 9.59 Å². The number of nitrogens with one attached hydrogen (secondary N) is 2. The lowest BCUT2D eigenvalue weighted by molar-refractivity contribution is -0.135. The number of rotatable bonds is 4. The Morgan fingerprint density at radius 1 is 1.06 bits per heavy atom. The van der Waals surface area contributed by atoms with Gasteiger partial charge >= 0.3 is 6.03 Å².